The van der Waals surface area contributed by atoms with Crippen molar-refractivity contribution < 1.29 is 24.2 Å². The first-order chi connectivity index (χ1) is 9.95. The van der Waals surface area contributed by atoms with E-state index in [0.29, 0.717) is 5.69 Å². The topological polar surface area (TPSA) is 89.9 Å². The Kier molecular flexibility index (Phi) is 4.87. The highest BCUT2D eigenvalue weighted by molar-refractivity contribution is 5.90. The lowest BCUT2D eigenvalue weighted by molar-refractivity contribution is -0.142. The monoisotopic (exact) mass is 296 g/mol. The summed E-state index contributed by atoms with van der Waals surface area (Å²) in [4.78, 5) is 24.4. The molecule has 3 N–H and O–H groups in total. The Labute approximate surface area is 121 Å². The number of β-amino-alcohol motifs (C(OH)–C–C–N with tert-alkyl or cyclic N) is 1. The largest absolute Gasteiger partial charge is 0.480 e. The molecule has 0 aliphatic carbocycles. The maximum atomic E-state index is 13.0. The molecule has 0 bridgehead atoms. The van der Waals surface area contributed by atoms with Crippen LogP contribution in [-0.4, -0.2) is 52.2 Å². The van der Waals surface area contributed by atoms with Gasteiger partial charge in [0.15, 0.2) is 0 Å². The molecule has 7 heteroatoms. The number of hydrogen-bond donors (Lipinski definition) is 3. The Morgan fingerprint density at radius 3 is 2.86 bits per heavy atom. The van der Waals surface area contributed by atoms with E-state index in [1.807, 2.05) is 0 Å². The number of likely N-dealkylation sites (tertiary alicyclic amines) is 1. The Morgan fingerprint density at radius 1 is 1.43 bits per heavy atom. The van der Waals surface area contributed by atoms with Gasteiger partial charge in [-0.1, -0.05) is 6.07 Å². The molecule has 2 unspecified atom stereocenters. The van der Waals surface area contributed by atoms with Crippen molar-refractivity contribution in [3.63, 3.8) is 0 Å². The number of rotatable bonds is 5. The fourth-order valence-corrected chi connectivity index (χ4v) is 2.42. The van der Waals surface area contributed by atoms with Crippen molar-refractivity contribution in [3.8, 4) is 0 Å². The molecule has 0 radical (unpaired) electrons. The van der Waals surface area contributed by atoms with Crippen molar-refractivity contribution in [1.82, 2.24) is 4.90 Å². The number of carbonyl (C=O) groups is 2. The van der Waals surface area contributed by atoms with Crippen LogP contribution in [0.15, 0.2) is 24.3 Å². The van der Waals surface area contributed by atoms with Gasteiger partial charge < -0.3 is 15.5 Å². The minimum Gasteiger partial charge on any atom is -0.480 e. The van der Waals surface area contributed by atoms with Gasteiger partial charge in [0.05, 0.1) is 6.10 Å². The van der Waals surface area contributed by atoms with E-state index in [1.54, 1.807) is 11.0 Å². The van der Waals surface area contributed by atoms with Gasteiger partial charge in [0.25, 0.3) is 0 Å². The SMILES string of the molecule is O=C(CCN1CC(O)CC1C(=O)O)Nc1cccc(F)c1. The van der Waals surface area contributed by atoms with Gasteiger partial charge in [0.1, 0.15) is 11.9 Å². The predicted molar refractivity (Wildman–Crippen MR) is 73.3 cm³/mol. The minimum absolute atomic E-state index is 0.0764. The van der Waals surface area contributed by atoms with Crippen LogP contribution in [-0.2, 0) is 9.59 Å². The molecular weight excluding hydrogens is 279 g/mol. The van der Waals surface area contributed by atoms with Crippen LogP contribution in [0.3, 0.4) is 0 Å². The van der Waals surface area contributed by atoms with Gasteiger partial charge in [-0.05, 0) is 18.2 Å². The second kappa shape index (κ2) is 6.64. The second-order valence-corrected chi connectivity index (χ2v) is 5.05. The molecule has 1 fully saturated rings. The van der Waals surface area contributed by atoms with E-state index >= 15 is 0 Å². The lowest BCUT2D eigenvalue weighted by atomic mass is 10.2. The zero-order valence-corrected chi connectivity index (χ0v) is 11.3. The highest BCUT2D eigenvalue weighted by Crippen LogP contribution is 2.18. The van der Waals surface area contributed by atoms with Crippen LogP contribution in [0.25, 0.3) is 0 Å². The molecule has 0 spiro atoms. The number of nitrogens with zero attached hydrogens (tertiary/aromatic N) is 1. The normalized spacial score (nSPS) is 22.2. The Bertz CT molecular complexity index is 537. The van der Waals surface area contributed by atoms with Crippen LogP contribution in [0.4, 0.5) is 10.1 Å². The van der Waals surface area contributed by atoms with Crippen molar-refractivity contribution in [2.24, 2.45) is 0 Å². The quantitative estimate of drug-likeness (QED) is 0.743. The molecule has 1 aromatic rings. The third kappa shape index (κ3) is 4.24. The molecule has 0 saturated carbocycles. The molecule has 1 heterocycles. The summed E-state index contributed by atoms with van der Waals surface area (Å²) >= 11 is 0. The number of benzene rings is 1. The van der Waals surface area contributed by atoms with E-state index in [-0.39, 0.29) is 31.8 Å². The summed E-state index contributed by atoms with van der Waals surface area (Å²) < 4.78 is 13.0. The highest BCUT2D eigenvalue weighted by Gasteiger charge is 2.35. The summed E-state index contributed by atoms with van der Waals surface area (Å²) in [5, 5.41) is 21.1. The van der Waals surface area contributed by atoms with Crippen molar-refractivity contribution in [2.75, 3.05) is 18.4 Å². The number of aliphatic hydroxyl groups excluding tert-OH is 1. The average Bonchev–Trinajstić information content (AvgIpc) is 2.78. The highest BCUT2D eigenvalue weighted by atomic mass is 19.1. The van der Waals surface area contributed by atoms with Crippen LogP contribution < -0.4 is 5.32 Å². The van der Waals surface area contributed by atoms with Gasteiger partial charge >= 0.3 is 5.97 Å². The van der Waals surface area contributed by atoms with E-state index in [2.05, 4.69) is 5.32 Å². The number of aliphatic carboxylic acids is 1. The van der Waals surface area contributed by atoms with Crippen molar-refractivity contribution >= 4 is 17.6 Å². The first-order valence-electron chi connectivity index (χ1n) is 6.66. The number of hydrogen-bond acceptors (Lipinski definition) is 4. The van der Waals surface area contributed by atoms with Crippen molar-refractivity contribution in [2.45, 2.75) is 25.0 Å². The van der Waals surface area contributed by atoms with Crippen molar-refractivity contribution in [1.29, 1.82) is 0 Å². The summed E-state index contributed by atoms with van der Waals surface area (Å²) in [6, 6.07) is 4.78. The maximum absolute atomic E-state index is 13.0. The van der Waals surface area contributed by atoms with Gasteiger partial charge in [-0.2, -0.15) is 0 Å². The van der Waals surface area contributed by atoms with E-state index < -0.39 is 23.9 Å². The minimum atomic E-state index is -1.00. The Morgan fingerprint density at radius 2 is 2.19 bits per heavy atom. The molecule has 1 aliphatic rings. The molecule has 2 atom stereocenters. The summed E-state index contributed by atoms with van der Waals surface area (Å²) in [6.07, 6.45) is -0.439. The summed E-state index contributed by atoms with van der Waals surface area (Å²) in [7, 11) is 0. The lowest BCUT2D eigenvalue weighted by Crippen LogP contribution is -2.37. The number of carboxylic acids is 1. The second-order valence-electron chi connectivity index (χ2n) is 5.05. The van der Waals surface area contributed by atoms with Gasteiger partial charge in [0, 0.05) is 31.6 Å². The zero-order chi connectivity index (χ0) is 15.4. The number of halogens is 1. The van der Waals surface area contributed by atoms with E-state index in [1.165, 1.54) is 18.2 Å². The van der Waals surface area contributed by atoms with Gasteiger partial charge in [0.2, 0.25) is 5.91 Å². The average molecular weight is 296 g/mol. The molecule has 21 heavy (non-hydrogen) atoms. The zero-order valence-electron chi connectivity index (χ0n) is 11.3. The number of nitrogens with one attached hydrogen (secondary N) is 1. The number of carboxylic acid groups (broad SMARTS) is 1. The molecule has 0 aromatic heterocycles. The number of amides is 1. The first kappa shape index (κ1) is 15.4. The van der Waals surface area contributed by atoms with Crippen LogP contribution in [0.5, 0.6) is 0 Å². The maximum Gasteiger partial charge on any atom is 0.321 e. The number of carbonyl (C=O) groups excluding carboxylic acids is 1. The molecule has 114 valence electrons. The van der Waals surface area contributed by atoms with E-state index in [9.17, 15) is 19.1 Å². The fourth-order valence-electron chi connectivity index (χ4n) is 2.42. The standard InChI is InChI=1S/C14H17FN2O4/c15-9-2-1-3-10(6-9)16-13(19)4-5-17-8-11(18)7-12(17)14(20)21/h1-3,6,11-12,18H,4-5,7-8H2,(H,16,19)(H,20,21). The molecule has 2 rings (SSSR count). The summed E-state index contributed by atoms with van der Waals surface area (Å²) in [6.45, 7) is 0.472. The summed E-state index contributed by atoms with van der Waals surface area (Å²) in [5.74, 6) is -1.77. The molecule has 1 aromatic carbocycles. The number of aliphatic hydroxyl groups is 1. The van der Waals surface area contributed by atoms with Crippen LogP contribution in [0.2, 0.25) is 0 Å². The van der Waals surface area contributed by atoms with Gasteiger partial charge in [-0.15, -0.1) is 0 Å². The van der Waals surface area contributed by atoms with Crippen molar-refractivity contribution in [3.05, 3.63) is 30.1 Å². The molecule has 1 aliphatic heterocycles. The predicted octanol–water partition coefficient (Wildman–Crippen LogP) is 0.674. The Balaban J connectivity index is 1.85. The van der Waals surface area contributed by atoms with E-state index in [0.717, 1.165) is 0 Å². The number of anilines is 1. The van der Waals surface area contributed by atoms with Crippen LogP contribution >= 0.6 is 0 Å². The smallest absolute Gasteiger partial charge is 0.321 e. The summed E-state index contributed by atoms with van der Waals surface area (Å²) in [5.41, 5.74) is 0.358. The third-order valence-electron chi connectivity index (χ3n) is 3.40. The lowest BCUT2D eigenvalue weighted by Gasteiger charge is -2.20. The first-order valence-corrected chi connectivity index (χ1v) is 6.66. The van der Waals surface area contributed by atoms with Crippen LogP contribution in [0.1, 0.15) is 12.8 Å². The van der Waals surface area contributed by atoms with E-state index in [4.69, 9.17) is 5.11 Å². The fraction of sp³-hybridized carbons (Fsp3) is 0.429. The van der Waals surface area contributed by atoms with Crippen LogP contribution in [0, 0.1) is 5.82 Å². The molecule has 6 nitrogen and oxygen atoms in total. The Hall–Kier alpha value is -1.99. The molecule has 1 amide bonds. The third-order valence-corrected chi connectivity index (χ3v) is 3.40. The van der Waals surface area contributed by atoms with Gasteiger partial charge in [-0.3, -0.25) is 14.5 Å². The molecule has 1 saturated heterocycles. The van der Waals surface area contributed by atoms with Gasteiger partial charge in [-0.25, -0.2) is 4.39 Å². The molecular formula is C14H17FN2O4.